The first kappa shape index (κ1) is 25.7. The van der Waals surface area contributed by atoms with E-state index in [9.17, 15) is 47.5 Å². The summed E-state index contributed by atoms with van der Waals surface area (Å²) in [7, 11) is -7.39. The van der Waals surface area contributed by atoms with Gasteiger partial charge in [-0.1, -0.05) is 0 Å². The number of phenols is 4. The van der Waals surface area contributed by atoms with Gasteiger partial charge >= 0.3 is 0 Å². The van der Waals surface area contributed by atoms with E-state index in [1.54, 1.807) is 0 Å². The third-order valence-electron chi connectivity index (χ3n) is 5.72. The predicted molar refractivity (Wildman–Crippen MR) is 123 cm³/mol. The van der Waals surface area contributed by atoms with Crippen LogP contribution in [0.2, 0.25) is 0 Å². The van der Waals surface area contributed by atoms with Gasteiger partial charge in [-0.2, -0.15) is 0 Å². The third-order valence-corrected chi connectivity index (χ3v) is 8.33. The number of rotatable bonds is 8. The Labute approximate surface area is 196 Å². The summed E-state index contributed by atoms with van der Waals surface area (Å²) < 4.78 is 51.2. The summed E-state index contributed by atoms with van der Waals surface area (Å²) in [5.41, 5.74) is -0.745. The fraction of sp³-hybridized carbons (Fsp3) is 0.400. The van der Waals surface area contributed by atoms with Gasteiger partial charge < -0.3 is 30.6 Å². The van der Waals surface area contributed by atoms with E-state index in [1.165, 1.54) is 13.8 Å². The maximum absolute atomic E-state index is 11.7. The number of benzene rings is 2. The van der Waals surface area contributed by atoms with E-state index in [-0.39, 0.29) is 34.0 Å². The lowest BCUT2D eigenvalue weighted by atomic mass is 9.62. The molecule has 0 aliphatic heterocycles. The maximum Gasteiger partial charge on any atom is 0.232 e. The second-order valence-electron chi connectivity index (χ2n) is 7.90. The zero-order chi connectivity index (χ0) is 25.6. The molecular weight excluding hydrogens is 492 g/mol. The molecule has 8 N–H and O–H groups in total. The van der Waals surface area contributed by atoms with Crippen LogP contribution in [0.1, 0.15) is 36.8 Å². The van der Waals surface area contributed by atoms with Gasteiger partial charge in [0.05, 0.1) is 35.1 Å². The molecule has 2 aromatic rings. The van der Waals surface area contributed by atoms with E-state index in [4.69, 9.17) is 0 Å². The first-order valence-electron chi connectivity index (χ1n) is 10.2. The first-order chi connectivity index (χ1) is 15.7. The largest absolute Gasteiger partial charge is 0.507 e. The Morgan fingerprint density at radius 1 is 0.647 bits per heavy atom. The number of aromatic hydroxyl groups is 4. The van der Waals surface area contributed by atoms with E-state index >= 15 is 0 Å². The van der Waals surface area contributed by atoms with Gasteiger partial charge in [-0.25, -0.2) is 16.8 Å². The van der Waals surface area contributed by atoms with Crippen molar-refractivity contribution in [3.8, 4) is 23.0 Å². The van der Waals surface area contributed by atoms with Crippen LogP contribution in [0.15, 0.2) is 24.3 Å². The summed E-state index contributed by atoms with van der Waals surface area (Å²) in [6.07, 6.45) is -2.97. The molecule has 0 radical (unpaired) electrons. The molecule has 0 spiro atoms. The molecule has 34 heavy (non-hydrogen) atoms. The van der Waals surface area contributed by atoms with E-state index in [1.807, 2.05) is 0 Å². The van der Waals surface area contributed by atoms with Crippen LogP contribution < -0.4 is 9.44 Å². The second-order valence-corrected chi connectivity index (χ2v) is 11.9. The SMILES string of the molecule is CCS(=O)(=O)Nc1cc(O)c(C2C(O)C(c3c(O)cc(NS(=O)(=O)CC)cc3O)C2O)c(O)c1. The number of anilines is 2. The monoisotopic (exact) mass is 518 g/mol. The Kier molecular flexibility index (Phi) is 6.81. The summed E-state index contributed by atoms with van der Waals surface area (Å²) in [6.45, 7) is 2.79. The summed E-state index contributed by atoms with van der Waals surface area (Å²) in [4.78, 5) is 0. The minimum atomic E-state index is -3.69. The summed E-state index contributed by atoms with van der Waals surface area (Å²) in [5.74, 6) is -5.33. The average molecular weight is 519 g/mol. The molecule has 12 nitrogen and oxygen atoms in total. The molecule has 1 aliphatic rings. The van der Waals surface area contributed by atoms with E-state index in [0.717, 1.165) is 24.3 Å². The van der Waals surface area contributed by atoms with Gasteiger partial charge in [0.2, 0.25) is 20.0 Å². The standard InChI is InChI=1S/C20H26N2O10S2/c1-3-33(29,30)21-9-5-11(23)15(12(24)6-9)17-19(27)18(20(17)28)16-13(25)7-10(8-14(16)26)22-34(31,32)4-2/h5-8,17-28H,3-4H2,1-2H3. The highest BCUT2D eigenvalue weighted by Gasteiger charge is 2.54. The van der Waals surface area contributed by atoms with Gasteiger partial charge in [0.25, 0.3) is 0 Å². The molecule has 0 unspecified atom stereocenters. The van der Waals surface area contributed by atoms with Crippen molar-refractivity contribution >= 4 is 31.4 Å². The van der Waals surface area contributed by atoms with Crippen LogP contribution in [0.25, 0.3) is 0 Å². The van der Waals surface area contributed by atoms with Crippen LogP contribution >= 0.6 is 0 Å². The Balaban J connectivity index is 1.91. The Hall–Kier alpha value is -2.94. The Bertz CT molecular complexity index is 1160. The number of sulfonamides is 2. The summed E-state index contributed by atoms with van der Waals surface area (Å²) in [6, 6.07) is 4.05. The van der Waals surface area contributed by atoms with Crippen LogP contribution in [-0.2, 0) is 20.0 Å². The molecule has 14 heteroatoms. The molecular formula is C20H26N2O10S2. The van der Waals surface area contributed by atoms with Gasteiger partial charge in [0, 0.05) is 47.2 Å². The van der Waals surface area contributed by atoms with E-state index < -0.39 is 67.1 Å². The highest BCUT2D eigenvalue weighted by Crippen LogP contribution is 2.56. The molecule has 0 bridgehead atoms. The lowest BCUT2D eigenvalue weighted by Gasteiger charge is -2.47. The highest BCUT2D eigenvalue weighted by molar-refractivity contribution is 7.92. The van der Waals surface area contributed by atoms with Crippen LogP contribution in [0.3, 0.4) is 0 Å². The zero-order valence-electron chi connectivity index (χ0n) is 18.2. The lowest BCUT2D eigenvalue weighted by Crippen LogP contribution is -2.51. The molecule has 3 rings (SSSR count). The number of hydrogen-bond donors (Lipinski definition) is 8. The quantitative estimate of drug-likeness (QED) is 0.244. The molecule has 1 saturated carbocycles. The van der Waals surface area contributed by atoms with Crippen molar-refractivity contribution in [1.29, 1.82) is 0 Å². The van der Waals surface area contributed by atoms with Gasteiger partial charge in [-0.3, -0.25) is 9.44 Å². The van der Waals surface area contributed by atoms with Crippen molar-refractivity contribution in [2.45, 2.75) is 37.9 Å². The molecule has 0 atom stereocenters. The van der Waals surface area contributed by atoms with Crippen LogP contribution in [0.5, 0.6) is 23.0 Å². The Morgan fingerprint density at radius 2 is 0.912 bits per heavy atom. The second kappa shape index (κ2) is 9.02. The molecule has 0 heterocycles. The van der Waals surface area contributed by atoms with Gasteiger partial charge in [-0.15, -0.1) is 0 Å². The van der Waals surface area contributed by atoms with E-state index in [0.29, 0.717) is 0 Å². The molecule has 1 fully saturated rings. The number of aliphatic hydroxyl groups excluding tert-OH is 2. The van der Waals surface area contributed by atoms with Crippen molar-refractivity contribution in [3.05, 3.63) is 35.4 Å². The van der Waals surface area contributed by atoms with Gasteiger partial charge in [0.1, 0.15) is 23.0 Å². The average Bonchev–Trinajstić information content (AvgIpc) is 2.72. The zero-order valence-corrected chi connectivity index (χ0v) is 19.8. The number of nitrogens with one attached hydrogen (secondary N) is 2. The summed E-state index contributed by atoms with van der Waals surface area (Å²) >= 11 is 0. The minimum Gasteiger partial charge on any atom is -0.507 e. The smallest absolute Gasteiger partial charge is 0.232 e. The number of hydrogen-bond acceptors (Lipinski definition) is 10. The van der Waals surface area contributed by atoms with E-state index in [2.05, 4.69) is 9.44 Å². The van der Waals surface area contributed by atoms with Crippen molar-refractivity contribution in [2.24, 2.45) is 0 Å². The molecule has 1 aliphatic carbocycles. The third kappa shape index (κ3) is 4.80. The topological polar surface area (TPSA) is 214 Å². The molecule has 0 saturated heterocycles. The van der Waals surface area contributed by atoms with Crippen LogP contribution in [-0.4, -0.2) is 71.2 Å². The molecule has 2 aromatic carbocycles. The lowest BCUT2D eigenvalue weighted by molar-refractivity contribution is -0.0810. The number of phenolic OH excluding ortho intramolecular Hbond substituents is 4. The van der Waals surface area contributed by atoms with Gasteiger partial charge in [0.15, 0.2) is 0 Å². The van der Waals surface area contributed by atoms with Crippen LogP contribution in [0, 0.1) is 0 Å². The normalized spacial score (nSPS) is 22.7. The van der Waals surface area contributed by atoms with Crippen molar-refractivity contribution in [3.63, 3.8) is 0 Å². The first-order valence-corrected chi connectivity index (χ1v) is 13.5. The van der Waals surface area contributed by atoms with Crippen LogP contribution in [0.4, 0.5) is 11.4 Å². The summed E-state index contributed by atoms with van der Waals surface area (Å²) in [5, 5.41) is 62.9. The van der Waals surface area contributed by atoms with Crippen molar-refractivity contribution < 1.29 is 47.5 Å². The molecule has 188 valence electrons. The minimum absolute atomic E-state index is 0.124. The molecule has 0 amide bonds. The van der Waals surface area contributed by atoms with Gasteiger partial charge in [-0.05, 0) is 13.8 Å². The van der Waals surface area contributed by atoms with Crippen molar-refractivity contribution in [1.82, 2.24) is 0 Å². The highest BCUT2D eigenvalue weighted by atomic mass is 32.2. The maximum atomic E-state index is 11.7. The van der Waals surface area contributed by atoms with Crippen molar-refractivity contribution in [2.75, 3.05) is 20.9 Å². The molecule has 0 aromatic heterocycles. The fourth-order valence-corrected chi connectivity index (χ4v) is 5.18. The fourth-order valence-electron chi connectivity index (χ4n) is 3.94. The number of aliphatic hydroxyl groups is 2. The Morgan fingerprint density at radius 3 is 1.15 bits per heavy atom. The predicted octanol–water partition coefficient (Wildman–Crippen LogP) is 0.635.